The second-order valence-corrected chi connectivity index (χ2v) is 10.4. The van der Waals surface area contributed by atoms with Crippen molar-refractivity contribution in [3.05, 3.63) is 92.9 Å². The molecule has 1 aliphatic heterocycles. The van der Waals surface area contributed by atoms with Gasteiger partial charge in [-0.2, -0.15) is 0 Å². The van der Waals surface area contributed by atoms with Crippen LogP contribution in [0.1, 0.15) is 34.3 Å². The number of rotatable bonds is 9. The van der Waals surface area contributed by atoms with Gasteiger partial charge in [0.1, 0.15) is 12.4 Å². The number of halogens is 2. The Bertz CT molecular complexity index is 1350. The highest BCUT2D eigenvalue weighted by Gasteiger charge is 2.25. The average molecular weight is 614 g/mol. The van der Waals surface area contributed by atoms with Crippen LogP contribution in [0, 0.1) is 0 Å². The minimum atomic E-state index is -0.198. The second kappa shape index (κ2) is 13.5. The molecule has 0 aliphatic carbocycles. The topological polar surface area (TPSA) is 77.1 Å². The summed E-state index contributed by atoms with van der Waals surface area (Å²) in [5.74, 6) is 1.46. The Hall–Kier alpha value is -3.49. The molecule has 1 heterocycles. The summed E-state index contributed by atoms with van der Waals surface area (Å²) in [4.78, 5) is 27.5. The van der Waals surface area contributed by atoms with Crippen molar-refractivity contribution in [1.82, 2.24) is 10.2 Å². The van der Waals surface area contributed by atoms with Gasteiger partial charge in [-0.15, -0.1) is 0 Å². The number of carbonyl (C=O) groups is 2. The molecular weight excluding hydrogens is 584 g/mol. The molecule has 39 heavy (non-hydrogen) atoms. The number of hydrogen-bond acceptors (Lipinski definition) is 5. The summed E-state index contributed by atoms with van der Waals surface area (Å²) in [6, 6.07) is 18.3. The Morgan fingerprint density at radius 1 is 1.00 bits per heavy atom. The number of piperidine rings is 1. The Kier molecular flexibility index (Phi) is 9.90. The summed E-state index contributed by atoms with van der Waals surface area (Å²) < 4.78 is 17.4. The van der Waals surface area contributed by atoms with Crippen molar-refractivity contribution >= 4 is 45.4 Å². The minimum absolute atomic E-state index is 0.0185. The Morgan fingerprint density at radius 2 is 1.72 bits per heavy atom. The Morgan fingerprint density at radius 3 is 2.44 bits per heavy atom. The number of nitrogens with one attached hydrogen (secondary N) is 1. The van der Waals surface area contributed by atoms with Crippen LogP contribution in [0.5, 0.6) is 17.2 Å². The van der Waals surface area contributed by atoms with Gasteiger partial charge in [-0.3, -0.25) is 9.59 Å². The highest BCUT2D eigenvalue weighted by atomic mass is 79.9. The summed E-state index contributed by atoms with van der Waals surface area (Å²) in [6.07, 6.45) is 4.58. The number of amides is 2. The van der Waals surface area contributed by atoms with Crippen molar-refractivity contribution < 1.29 is 23.8 Å². The molecule has 3 aromatic carbocycles. The van der Waals surface area contributed by atoms with Gasteiger partial charge in [-0.25, -0.2) is 0 Å². The third-order valence-electron chi connectivity index (χ3n) is 6.49. The number of likely N-dealkylation sites (tertiary alicyclic amines) is 1. The molecule has 0 spiro atoms. The van der Waals surface area contributed by atoms with Crippen molar-refractivity contribution in [1.29, 1.82) is 0 Å². The van der Waals surface area contributed by atoms with Gasteiger partial charge >= 0.3 is 0 Å². The lowest BCUT2D eigenvalue weighted by Gasteiger charge is -2.32. The molecule has 204 valence electrons. The lowest BCUT2D eigenvalue weighted by molar-refractivity contribution is -0.117. The fraction of sp³-hybridized carbons (Fsp3) is 0.267. The van der Waals surface area contributed by atoms with Crippen LogP contribution in [0.25, 0.3) is 6.08 Å². The molecule has 3 aromatic rings. The third-order valence-corrected chi connectivity index (χ3v) is 7.35. The molecule has 4 rings (SSSR count). The van der Waals surface area contributed by atoms with Crippen LogP contribution in [-0.2, 0) is 11.4 Å². The fourth-order valence-electron chi connectivity index (χ4n) is 4.35. The van der Waals surface area contributed by atoms with Gasteiger partial charge in [0.25, 0.3) is 5.91 Å². The van der Waals surface area contributed by atoms with E-state index in [1.165, 1.54) is 6.08 Å². The fourth-order valence-corrected chi connectivity index (χ4v) is 4.91. The number of methoxy groups -OCH3 is 2. The summed E-state index contributed by atoms with van der Waals surface area (Å²) in [7, 11) is 3.10. The Labute approximate surface area is 241 Å². The first kappa shape index (κ1) is 28.5. The SMILES string of the molecule is COc1ccc(C(=O)N2CCC(NC(=O)/C=C/c3cc(Br)ccc3OCc3ccccc3Cl)CC2)cc1OC. The van der Waals surface area contributed by atoms with E-state index in [4.69, 9.17) is 25.8 Å². The van der Waals surface area contributed by atoms with Gasteiger partial charge in [0.05, 0.1) is 14.2 Å². The molecule has 0 unspecified atom stereocenters. The Balaban J connectivity index is 1.31. The van der Waals surface area contributed by atoms with Gasteiger partial charge < -0.3 is 24.4 Å². The summed E-state index contributed by atoms with van der Waals surface area (Å²) >= 11 is 9.73. The molecule has 0 bridgehead atoms. The van der Waals surface area contributed by atoms with E-state index in [2.05, 4.69) is 21.2 Å². The smallest absolute Gasteiger partial charge is 0.253 e. The van der Waals surface area contributed by atoms with Gasteiger partial charge in [-0.1, -0.05) is 45.7 Å². The maximum Gasteiger partial charge on any atom is 0.253 e. The summed E-state index contributed by atoms with van der Waals surface area (Å²) in [5.41, 5.74) is 2.19. The molecular formula is C30H30BrClN2O5. The molecule has 1 aliphatic rings. The lowest BCUT2D eigenvalue weighted by Crippen LogP contribution is -2.46. The quantitative estimate of drug-likeness (QED) is 0.294. The molecule has 0 aromatic heterocycles. The average Bonchev–Trinajstić information content (AvgIpc) is 2.96. The van der Waals surface area contributed by atoms with Gasteiger partial charge in [-0.05, 0) is 61.4 Å². The van der Waals surface area contributed by atoms with E-state index < -0.39 is 0 Å². The highest BCUT2D eigenvalue weighted by Crippen LogP contribution is 2.29. The molecule has 2 amide bonds. The molecule has 0 saturated carbocycles. The highest BCUT2D eigenvalue weighted by molar-refractivity contribution is 9.10. The van der Waals surface area contributed by atoms with E-state index in [1.54, 1.807) is 43.4 Å². The van der Waals surface area contributed by atoms with E-state index in [-0.39, 0.29) is 17.9 Å². The first-order valence-corrected chi connectivity index (χ1v) is 13.7. The number of carbonyl (C=O) groups excluding carboxylic acids is 2. The predicted octanol–water partition coefficient (Wildman–Crippen LogP) is 6.13. The van der Waals surface area contributed by atoms with E-state index in [0.29, 0.717) is 60.4 Å². The van der Waals surface area contributed by atoms with Gasteiger partial charge in [0.15, 0.2) is 11.5 Å². The monoisotopic (exact) mass is 612 g/mol. The largest absolute Gasteiger partial charge is 0.493 e. The molecule has 0 radical (unpaired) electrons. The first-order valence-electron chi connectivity index (χ1n) is 12.5. The summed E-state index contributed by atoms with van der Waals surface area (Å²) in [6.45, 7) is 1.41. The molecule has 9 heteroatoms. The van der Waals surface area contributed by atoms with E-state index in [1.807, 2.05) is 42.5 Å². The van der Waals surface area contributed by atoms with E-state index in [0.717, 1.165) is 15.6 Å². The maximum atomic E-state index is 13.0. The van der Waals surface area contributed by atoms with Crippen molar-refractivity contribution in [2.24, 2.45) is 0 Å². The normalized spacial score (nSPS) is 13.8. The zero-order valence-corrected chi connectivity index (χ0v) is 24.1. The van der Waals surface area contributed by atoms with Crippen LogP contribution in [0.2, 0.25) is 5.02 Å². The maximum absolute atomic E-state index is 13.0. The van der Waals surface area contributed by atoms with Crippen molar-refractivity contribution in [3.63, 3.8) is 0 Å². The van der Waals surface area contributed by atoms with E-state index in [9.17, 15) is 9.59 Å². The zero-order valence-electron chi connectivity index (χ0n) is 21.8. The predicted molar refractivity (Wildman–Crippen MR) is 156 cm³/mol. The molecule has 1 N–H and O–H groups in total. The number of ether oxygens (including phenoxy) is 3. The molecule has 7 nitrogen and oxygen atoms in total. The standard InChI is InChI=1S/C30H30BrClN2O5/c1-37-27-10-7-21(18-28(27)38-2)30(36)34-15-13-24(14-16-34)33-29(35)12-8-20-17-23(31)9-11-26(20)39-19-22-5-3-4-6-25(22)32/h3-12,17-18,24H,13-16,19H2,1-2H3,(H,33,35)/b12-8+. The summed E-state index contributed by atoms with van der Waals surface area (Å²) in [5, 5.41) is 3.69. The van der Waals surface area contributed by atoms with Crippen molar-refractivity contribution in [2.45, 2.75) is 25.5 Å². The van der Waals surface area contributed by atoms with E-state index >= 15 is 0 Å². The lowest BCUT2D eigenvalue weighted by atomic mass is 10.0. The van der Waals surface area contributed by atoms with Crippen LogP contribution < -0.4 is 19.5 Å². The van der Waals surface area contributed by atoms with Crippen LogP contribution in [0.15, 0.2) is 71.2 Å². The van der Waals surface area contributed by atoms with Crippen molar-refractivity contribution in [3.8, 4) is 17.2 Å². The molecule has 0 atom stereocenters. The van der Waals surface area contributed by atoms with Gasteiger partial charge in [0.2, 0.25) is 5.91 Å². The van der Waals surface area contributed by atoms with Crippen LogP contribution in [-0.4, -0.2) is 50.1 Å². The minimum Gasteiger partial charge on any atom is -0.493 e. The van der Waals surface area contributed by atoms with Crippen LogP contribution in [0.4, 0.5) is 0 Å². The van der Waals surface area contributed by atoms with Gasteiger partial charge in [0, 0.05) is 51.4 Å². The van der Waals surface area contributed by atoms with Crippen LogP contribution >= 0.6 is 27.5 Å². The molecule has 1 saturated heterocycles. The number of nitrogens with zero attached hydrogens (tertiary/aromatic N) is 1. The first-order chi connectivity index (χ1) is 18.9. The second-order valence-electron chi connectivity index (χ2n) is 9.04. The van der Waals surface area contributed by atoms with Crippen molar-refractivity contribution in [2.75, 3.05) is 27.3 Å². The van der Waals surface area contributed by atoms with Crippen LogP contribution in [0.3, 0.4) is 0 Å². The number of hydrogen-bond donors (Lipinski definition) is 1. The third kappa shape index (κ3) is 7.55. The zero-order chi connectivity index (χ0) is 27.8. The number of benzene rings is 3. The molecule has 1 fully saturated rings.